The lowest BCUT2D eigenvalue weighted by Gasteiger charge is -2.23. The molecule has 0 aromatic heterocycles. The zero-order valence-corrected chi connectivity index (χ0v) is 13.7. The van der Waals surface area contributed by atoms with Gasteiger partial charge in [-0.3, -0.25) is 4.79 Å². The largest absolute Gasteiger partial charge is 0.365 e. The fourth-order valence-corrected chi connectivity index (χ4v) is 2.59. The van der Waals surface area contributed by atoms with Crippen molar-refractivity contribution in [3.8, 4) is 0 Å². The first-order valence-corrected chi connectivity index (χ1v) is 7.87. The monoisotopic (exact) mass is 306 g/mol. The summed E-state index contributed by atoms with van der Waals surface area (Å²) >= 11 is 0. The van der Waals surface area contributed by atoms with E-state index in [0.29, 0.717) is 6.54 Å². The van der Waals surface area contributed by atoms with Crippen LogP contribution in [0.4, 0.5) is 0 Å². The molecule has 120 valence electrons. The fourth-order valence-electron chi connectivity index (χ4n) is 2.59. The number of hydrogen-bond acceptors (Lipinski definition) is 3. The molecule has 0 heterocycles. The highest BCUT2D eigenvalue weighted by molar-refractivity contribution is 5.85. The summed E-state index contributed by atoms with van der Waals surface area (Å²) in [5, 5.41) is 3.04. The lowest BCUT2D eigenvalue weighted by Crippen LogP contribution is -2.46. The third-order valence-electron chi connectivity index (χ3n) is 3.86. The Kier molecular flexibility index (Phi) is 11.2. The van der Waals surface area contributed by atoms with Gasteiger partial charge in [-0.05, 0) is 25.7 Å². The van der Waals surface area contributed by atoms with Crippen molar-refractivity contribution in [3.05, 3.63) is 0 Å². The molecule has 1 aliphatic rings. The molecule has 0 spiro atoms. The Morgan fingerprint density at radius 1 is 1.35 bits per heavy atom. The number of nitrogens with one attached hydrogen (secondary N) is 1. The molecule has 2 atom stereocenters. The quantitative estimate of drug-likeness (QED) is 0.688. The number of nitrogens with two attached hydrogens (primary N) is 1. The van der Waals surface area contributed by atoms with E-state index in [1.165, 1.54) is 12.8 Å². The van der Waals surface area contributed by atoms with Gasteiger partial charge in [-0.25, -0.2) is 0 Å². The average molecular weight is 307 g/mol. The Bertz CT molecular complexity index is 258. The molecule has 0 saturated heterocycles. The van der Waals surface area contributed by atoms with Gasteiger partial charge in [-0.1, -0.05) is 39.5 Å². The van der Waals surface area contributed by atoms with E-state index in [1.54, 1.807) is 0 Å². The molecular formula is C15H31ClN2O2. The topological polar surface area (TPSA) is 64.3 Å². The minimum atomic E-state index is -0.307. The fraction of sp³-hybridized carbons (Fsp3) is 0.933. The number of halogens is 1. The highest BCUT2D eigenvalue weighted by Crippen LogP contribution is 2.23. The van der Waals surface area contributed by atoms with E-state index < -0.39 is 0 Å². The van der Waals surface area contributed by atoms with Gasteiger partial charge in [-0.2, -0.15) is 0 Å². The van der Waals surface area contributed by atoms with Gasteiger partial charge in [0, 0.05) is 12.6 Å². The maximum Gasteiger partial charge on any atom is 0.249 e. The SMILES string of the molecule is CCCCC(CN)NC(=O)C(CC)OC1CCCC1.Cl. The normalized spacial score (nSPS) is 18.4. The summed E-state index contributed by atoms with van der Waals surface area (Å²) in [5.74, 6) is 0.0148. The van der Waals surface area contributed by atoms with Gasteiger partial charge >= 0.3 is 0 Å². The summed E-state index contributed by atoms with van der Waals surface area (Å²) in [6.45, 7) is 4.65. The number of carbonyl (C=O) groups excluding carboxylic acids is 1. The maximum atomic E-state index is 12.2. The van der Waals surface area contributed by atoms with Crippen molar-refractivity contribution >= 4 is 18.3 Å². The van der Waals surface area contributed by atoms with Gasteiger partial charge < -0.3 is 15.8 Å². The van der Waals surface area contributed by atoms with Crippen LogP contribution in [-0.2, 0) is 9.53 Å². The van der Waals surface area contributed by atoms with Gasteiger partial charge in [0.25, 0.3) is 0 Å². The van der Waals surface area contributed by atoms with E-state index in [0.717, 1.165) is 38.5 Å². The molecular weight excluding hydrogens is 276 g/mol. The summed E-state index contributed by atoms with van der Waals surface area (Å²) in [6, 6.07) is 0.0914. The zero-order chi connectivity index (χ0) is 14.1. The molecule has 1 fully saturated rings. The Morgan fingerprint density at radius 3 is 2.50 bits per heavy atom. The average Bonchev–Trinajstić information content (AvgIpc) is 2.93. The van der Waals surface area contributed by atoms with Crippen molar-refractivity contribution in [2.45, 2.75) is 83.5 Å². The summed E-state index contributed by atoms with van der Waals surface area (Å²) < 4.78 is 5.92. The molecule has 0 aromatic rings. The van der Waals surface area contributed by atoms with Crippen LogP contribution < -0.4 is 11.1 Å². The van der Waals surface area contributed by atoms with Crippen LogP contribution in [0.5, 0.6) is 0 Å². The number of rotatable bonds is 9. The Morgan fingerprint density at radius 2 is 2.00 bits per heavy atom. The van der Waals surface area contributed by atoms with Crippen molar-refractivity contribution in [3.63, 3.8) is 0 Å². The van der Waals surface area contributed by atoms with E-state index in [2.05, 4.69) is 12.2 Å². The van der Waals surface area contributed by atoms with E-state index in [4.69, 9.17) is 10.5 Å². The van der Waals surface area contributed by atoms with Crippen LogP contribution in [0.25, 0.3) is 0 Å². The Labute approximate surface area is 129 Å². The zero-order valence-electron chi connectivity index (χ0n) is 12.9. The lowest BCUT2D eigenvalue weighted by molar-refractivity contribution is -0.137. The molecule has 4 nitrogen and oxygen atoms in total. The van der Waals surface area contributed by atoms with E-state index in [1.807, 2.05) is 6.92 Å². The van der Waals surface area contributed by atoms with Crippen LogP contribution in [0.1, 0.15) is 65.2 Å². The van der Waals surface area contributed by atoms with Gasteiger partial charge in [0.2, 0.25) is 5.91 Å². The van der Waals surface area contributed by atoms with Crippen molar-refractivity contribution in [1.82, 2.24) is 5.32 Å². The van der Waals surface area contributed by atoms with Gasteiger partial charge in [0.1, 0.15) is 6.10 Å². The van der Waals surface area contributed by atoms with Crippen molar-refractivity contribution < 1.29 is 9.53 Å². The van der Waals surface area contributed by atoms with Gasteiger partial charge in [-0.15, -0.1) is 12.4 Å². The van der Waals surface area contributed by atoms with E-state index in [9.17, 15) is 4.79 Å². The van der Waals surface area contributed by atoms with Crippen LogP contribution in [0.15, 0.2) is 0 Å². The summed E-state index contributed by atoms with van der Waals surface area (Å²) in [6.07, 6.45) is 8.53. The summed E-state index contributed by atoms with van der Waals surface area (Å²) in [5.41, 5.74) is 5.71. The highest BCUT2D eigenvalue weighted by atomic mass is 35.5. The summed E-state index contributed by atoms with van der Waals surface area (Å²) in [4.78, 5) is 12.2. The molecule has 0 bridgehead atoms. The van der Waals surface area contributed by atoms with Crippen LogP contribution in [-0.4, -0.2) is 30.7 Å². The molecule has 1 aliphatic carbocycles. The van der Waals surface area contributed by atoms with E-state index >= 15 is 0 Å². The first-order valence-electron chi connectivity index (χ1n) is 7.87. The Hall–Kier alpha value is -0.320. The summed E-state index contributed by atoms with van der Waals surface area (Å²) in [7, 11) is 0. The number of unbranched alkanes of at least 4 members (excludes halogenated alkanes) is 1. The first-order chi connectivity index (χ1) is 9.21. The van der Waals surface area contributed by atoms with Crippen molar-refractivity contribution in [2.75, 3.05) is 6.54 Å². The molecule has 2 unspecified atom stereocenters. The molecule has 1 amide bonds. The van der Waals surface area contributed by atoms with Crippen molar-refractivity contribution in [1.29, 1.82) is 0 Å². The second kappa shape index (κ2) is 11.4. The minimum Gasteiger partial charge on any atom is -0.365 e. The van der Waals surface area contributed by atoms with Crippen molar-refractivity contribution in [2.24, 2.45) is 5.73 Å². The number of carbonyl (C=O) groups is 1. The maximum absolute atomic E-state index is 12.2. The smallest absolute Gasteiger partial charge is 0.249 e. The lowest BCUT2D eigenvalue weighted by atomic mass is 10.1. The standard InChI is InChI=1S/C15H30N2O2.ClH/c1-3-5-8-12(11-16)17-15(18)14(4-2)19-13-9-6-7-10-13;/h12-14H,3-11,16H2,1-2H3,(H,17,18);1H. The molecule has 0 aliphatic heterocycles. The van der Waals surface area contributed by atoms with Gasteiger partial charge in [0.05, 0.1) is 6.10 Å². The molecule has 1 saturated carbocycles. The minimum absolute atomic E-state index is 0. The van der Waals surface area contributed by atoms with Crippen LogP contribution in [0.3, 0.4) is 0 Å². The predicted molar refractivity (Wildman–Crippen MR) is 85.2 cm³/mol. The highest BCUT2D eigenvalue weighted by Gasteiger charge is 2.25. The number of hydrogen-bond donors (Lipinski definition) is 2. The molecule has 1 rings (SSSR count). The molecule has 3 N–H and O–H groups in total. The molecule has 0 aromatic carbocycles. The number of ether oxygens (including phenoxy) is 1. The predicted octanol–water partition coefficient (Wildman–Crippen LogP) is 2.78. The third-order valence-corrected chi connectivity index (χ3v) is 3.86. The number of amides is 1. The molecule has 0 radical (unpaired) electrons. The van der Waals surface area contributed by atoms with Gasteiger partial charge in [0.15, 0.2) is 0 Å². The van der Waals surface area contributed by atoms with Crippen LogP contribution in [0.2, 0.25) is 0 Å². The second-order valence-corrected chi connectivity index (χ2v) is 5.52. The van der Waals surface area contributed by atoms with Crippen LogP contribution >= 0.6 is 12.4 Å². The second-order valence-electron chi connectivity index (χ2n) is 5.52. The Balaban J connectivity index is 0.00000361. The molecule has 5 heteroatoms. The van der Waals surface area contributed by atoms with Crippen LogP contribution in [0, 0.1) is 0 Å². The van der Waals surface area contributed by atoms with E-state index in [-0.39, 0.29) is 36.6 Å². The first kappa shape index (κ1) is 19.7. The molecule has 20 heavy (non-hydrogen) atoms. The third kappa shape index (κ3) is 6.91.